The molecule has 2 aromatic rings. The van der Waals surface area contributed by atoms with Crippen molar-refractivity contribution in [2.24, 2.45) is 0 Å². The predicted molar refractivity (Wildman–Crippen MR) is 98.2 cm³/mol. The highest BCUT2D eigenvalue weighted by Gasteiger charge is 2.22. The number of furan rings is 1. The van der Waals surface area contributed by atoms with Gasteiger partial charge in [-0.25, -0.2) is 4.79 Å². The maximum Gasteiger partial charge on any atom is 0.326 e. The number of benzene rings is 1. The third-order valence-corrected chi connectivity index (χ3v) is 4.08. The van der Waals surface area contributed by atoms with Crippen molar-refractivity contribution in [3.8, 4) is 11.3 Å². The van der Waals surface area contributed by atoms with Crippen LogP contribution < -0.4 is 5.32 Å². The van der Waals surface area contributed by atoms with E-state index in [1.54, 1.807) is 6.07 Å². The van der Waals surface area contributed by atoms with Crippen molar-refractivity contribution in [3.05, 3.63) is 47.7 Å². The largest absolute Gasteiger partial charge is 0.480 e. The van der Waals surface area contributed by atoms with Gasteiger partial charge in [0.2, 0.25) is 0 Å². The molecule has 1 unspecified atom stereocenters. The Morgan fingerprint density at radius 3 is 2.35 bits per heavy atom. The molecule has 6 nitrogen and oxygen atoms in total. The van der Waals surface area contributed by atoms with Crippen LogP contribution in [0.4, 0.5) is 0 Å². The van der Waals surface area contributed by atoms with Crippen LogP contribution in [0.5, 0.6) is 0 Å². The smallest absolute Gasteiger partial charge is 0.326 e. The fourth-order valence-electron chi connectivity index (χ4n) is 2.47. The Morgan fingerprint density at radius 1 is 1.15 bits per heavy atom. The summed E-state index contributed by atoms with van der Waals surface area (Å²) in [5.41, 5.74) is 2.11. The zero-order chi connectivity index (χ0) is 19.3. The normalized spacial score (nSPS) is 12.6. The summed E-state index contributed by atoms with van der Waals surface area (Å²) in [4.78, 5) is 23.5. The molecule has 0 aliphatic rings. The van der Waals surface area contributed by atoms with Crippen molar-refractivity contribution in [3.63, 3.8) is 0 Å². The summed E-state index contributed by atoms with van der Waals surface area (Å²) in [6, 6.07) is 10.2. The van der Waals surface area contributed by atoms with Crippen LogP contribution in [-0.4, -0.2) is 36.7 Å². The molecule has 1 atom stereocenters. The molecule has 0 saturated carbocycles. The fourth-order valence-corrected chi connectivity index (χ4v) is 2.47. The molecule has 2 N–H and O–H groups in total. The van der Waals surface area contributed by atoms with Crippen molar-refractivity contribution < 1.29 is 23.8 Å². The Balaban J connectivity index is 2.11. The van der Waals surface area contributed by atoms with Gasteiger partial charge in [0.25, 0.3) is 5.91 Å². The number of rotatable bonds is 7. The standard InChI is InChI=1S/C20H25NO5/c1-20(2,3)14-7-5-13(6-8-14)16-9-10-17(26-16)18(22)21-15(19(23)24)11-12-25-4/h5-10,15H,11-12H2,1-4H3,(H,21,22)(H,23,24). The van der Waals surface area contributed by atoms with E-state index in [2.05, 4.69) is 26.1 Å². The topological polar surface area (TPSA) is 88.8 Å². The Bertz CT molecular complexity index is 755. The number of aliphatic carboxylic acids is 1. The average molecular weight is 359 g/mol. The Morgan fingerprint density at radius 2 is 1.81 bits per heavy atom. The van der Waals surface area contributed by atoms with E-state index in [-0.39, 0.29) is 24.2 Å². The number of amides is 1. The molecule has 1 aromatic carbocycles. The average Bonchev–Trinajstić information content (AvgIpc) is 3.07. The van der Waals surface area contributed by atoms with Crippen LogP contribution in [0.1, 0.15) is 43.3 Å². The molecule has 2 rings (SSSR count). The van der Waals surface area contributed by atoms with Crippen molar-refractivity contribution in [2.45, 2.75) is 38.6 Å². The first kappa shape index (κ1) is 19.7. The molecule has 0 spiro atoms. The lowest BCUT2D eigenvalue weighted by Gasteiger charge is -2.18. The van der Waals surface area contributed by atoms with E-state index in [1.807, 2.05) is 24.3 Å². The van der Waals surface area contributed by atoms with Gasteiger partial charge in [0.15, 0.2) is 5.76 Å². The van der Waals surface area contributed by atoms with Gasteiger partial charge in [-0.05, 0) is 23.1 Å². The lowest BCUT2D eigenvalue weighted by atomic mass is 9.86. The van der Waals surface area contributed by atoms with Gasteiger partial charge in [0.1, 0.15) is 11.8 Å². The molecule has 1 heterocycles. The number of hydrogen-bond donors (Lipinski definition) is 2. The van der Waals surface area contributed by atoms with Gasteiger partial charge in [-0.2, -0.15) is 0 Å². The number of carbonyl (C=O) groups excluding carboxylic acids is 1. The summed E-state index contributed by atoms with van der Waals surface area (Å²) >= 11 is 0. The van der Waals surface area contributed by atoms with Gasteiger partial charge >= 0.3 is 5.97 Å². The van der Waals surface area contributed by atoms with Crippen LogP contribution in [0.2, 0.25) is 0 Å². The van der Waals surface area contributed by atoms with Crippen LogP contribution in [0, 0.1) is 0 Å². The zero-order valence-electron chi connectivity index (χ0n) is 15.5. The molecule has 140 valence electrons. The summed E-state index contributed by atoms with van der Waals surface area (Å²) in [7, 11) is 1.48. The zero-order valence-corrected chi connectivity index (χ0v) is 15.5. The molecule has 0 saturated heterocycles. The number of carboxylic acids is 1. The predicted octanol–water partition coefficient (Wildman–Crippen LogP) is 3.46. The van der Waals surface area contributed by atoms with E-state index in [1.165, 1.54) is 18.7 Å². The minimum absolute atomic E-state index is 0.0563. The second-order valence-electron chi connectivity index (χ2n) is 7.14. The van der Waals surface area contributed by atoms with Gasteiger partial charge in [0.05, 0.1) is 0 Å². The van der Waals surface area contributed by atoms with E-state index < -0.39 is 17.9 Å². The highest BCUT2D eigenvalue weighted by molar-refractivity contribution is 5.94. The number of methoxy groups -OCH3 is 1. The molecular weight excluding hydrogens is 334 g/mol. The summed E-state index contributed by atoms with van der Waals surface area (Å²) in [5.74, 6) is -1.05. The van der Waals surface area contributed by atoms with Crippen molar-refractivity contribution >= 4 is 11.9 Å². The summed E-state index contributed by atoms with van der Waals surface area (Å²) < 4.78 is 10.5. The number of carboxylic acid groups (broad SMARTS) is 1. The Hall–Kier alpha value is -2.60. The Labute approximate surface area is 153 Å². The van der Waals surface area contributed by atoms with Gasteiger partial charge in [-0.1, -0.05) is 45.0 Å². The van der Waals surface area contributed by atoms with Gasteiger partial charge in [-0.3, -0.25) is 4.79 Å². The third kappa shape index (κ3) is 4.95. The summed E-state index contributed by atoms with van der Waals surface area (Å²) in [6.45, 7) is 6.65. The number of nitrogens with one attached hydrogen (secondary N) is 1. The minimum atomic E-state index is -1.11. The summed E-state index contributed by atoms with van der Waals surface area (Å²) in [5, 5.41) is 11.6. The molecule has 0 fully saturated rings. The molecule has 1 aromatic heterocycles. The highest BCUT2D eigenvalue weighted by Crippen LogP contribution is 2.27. The lowest BCUT2D eigenvalue weighted by molar-refractivity contribution is -0.139. The van der Waals surface area contributed by atoms with Gasteiger partial charge < -0.3 is 19.6 Å². The first-order valence-corrected chi connectivity index (χ1v) is 8.45. The van der Waals surface area contributed by atoms with Crippen LogP contribution >= 0.6 is 0 Å². The van der Waals surface area contributed by atoms with Crippen LogP contribution in [0.15, 0.2) is 40.8 Å². The third-order valence-electron chi connectivity index (χ3n) is 4.08. The van der Waals surface area contributed by atoms with E-state index in [4.69, 9.17) is 14.3 Å². The molecule has 26 heavy (non-hydrogen) atoms. The fraction of sp³-hybridized carbons (Fsp3) is 0.400. The lowest BCUT2D eigenvalue weighted by Crippen LogP contribution is -2.41. The SMILES string of the molecule is COCCC(NC(=O)c1ccc(-c2ccc(C(C)(C)C)cc2)o1)C(=O)O. The van der Waals surface area contributed by atoms with Crippen molar-refractivity contribution in [2.75, 3.05) is 13.7 Å². The quantitative estimate of drug-likeness (QED) is 0.790. The first-order valence-electron chi connectivity index (χ1n) is 8.45. The Kier molecular flexibility index (Phi) is 6.21. The van der Waals surface area contributed by atoms with Crippen molar-refractivity contribution in [1.82, 2.24) is 5.32 Å². The van der Waals surface area contributed by atoms with E-state index in [0.29, 0.717) is 5.76 Å². The van der Waals surface area contributed by atoms with Crippen LogP contribution in [-0.2, 0) is 14.9 Å². The number of carbonyl (C=O) groups is 2. The van der Waals surface area contributed by atoms with E-state index in [9.17, 15) is 9.59 Å². The molecule has 6 heteroatoms. The maximum absolute atomic E-state index is 12.2. The molecular formula is C20H25NO5. The number of ether oxygens (including phenoxy) is 1. The maximum atomic E-state index is 12.2. The monoisotopic (exact) mass is 359 g/mol. The second-order valence-corrected chi connectivity index (χ2v) is 7.14. The van der Waals surface area contributed by atoms with Crippen LogP contribution in [0.25, 0.3) is 11.3 Å². The number of hydrogen-bond acceptors (Lipinski definition) is 4. The first-order chi connectivity index (χ1) is 12.2. The second kappa shape index (κ2) is 8.19. The van der Waals surface area contributed by atoms with E-state index >= 15 is 0 Å². The molecule has 0 bridgehead atoms. The van der Waals surface area contributed by atoms with Gasteiger partial charge in [-0.15, -0.1) is 0 Å². The minimum Gasteiger partial charge on any atom is -0.480 e. The van der Waals surface area contributed by atoms with Gasteiger partial charge in [0, 0.05) is 25.7 Å². The van der Waals surface area contributed by atoms with Crippen LogP contribution in [0.3, 0.4) is 0 Å². The highest BCUT2D eigenvalue weighted by atomic mass is 16.5. The molecule has 1 amide bonds. The van der Waals surface area contributed by atoms with Crippen molar-refractivity contribution in [1.29, 1.82) is 0 Å². The summed E-state index contributed by atoms with van der Waals surface area (Å²) in [6.07, 6.45) is 0.180. The molecule has 0 aliphatic heterocycles. The molecule has 0 aliphatic carbocycles. The van der Waals surface area contributed by atoms with E-state index in [0.717, 1.165) is 5.56 Å². The molecule has 0 radical (unpaired) electrons.